The second-order valence-corrected chi connectivity index (χ2v) is 6.11. The lowest BCUT2D eigenvalue weighted by Gasteiger charge is -2.18. The van der Waals surface area contributed by atoms with E-state index in [0.29, 0.717) is 11.8 Å². The van der Waals surface area contributed by atoms with E-state index in [1.54, 1.807) is 6.20 Å². The van der Waals surface area contributed by atoms with E-state index in [2.05, 4.69) is 46.1 Å². The molecule has 21 heavy (non-hydrogen) atoms. The molecule has 114 valence electrons. The average Bonchev–Trinajstić information content (AvgIpc) is 2.78. The Bertz CT molecular complexity index is 615. The second kappa shape index (κ2) is 7.29. The van der Waals surface area contributed by atoms with Gasteiger partial charge in [-0.05, 0) is 31.7 Å². The molecule has 0 aliphatic carbocycles. The van der Waals surface area contributed by atoms with Gasteiger partial charge in [-0.3, -0.25) is 0 Å². The maximum absolute atomic E-state index is 5.98. The highest BCUT2D eigenvalue weighted by Crippen LogP contribution is 2.29. The molecule has 0 bridgehead atoms. The van der Waals surface area contributed by atoms with Crippen molar-refractivity contribution in [1.82, 2.24) is 14.9 Å². The standard InChI is InChI=1S/C15H19BrClN3O/c1-4-18-10(2)12-7-11(16)5-6-13(12)21-9-15-19-8-14(17)20(15)3/h5-8,10,18H,4,9H2,1-3H3. The number of benzene rings is 1. The van der Waals surface area contributed by atoms with Gasteiger partial charge < -0.3 is 14.6 Å². The molecule has 0 spiro atoms. The Morgan fingerprint density at radius 3 is 2.86 bits per heavy atom. The molecule has 1 heterocycles. The summed E-state index contributed by atoms with van der Waals surface area (Å²) in [7, 11) is 1.87. The Morgan fingerprint density at radius 1 is 1.48 bits per heavy atom. The number of aromatic nitrogens is 2. The van der Waals surface area contributed by atoms with Crippen molar-refractivity contribution in [3.63, 3.8) is 0 Å². The molecule has 2 rings (SSSR count). The number of nitrogens with one attached hydrogen (secondary N) is 1. The first-order valence-electron chi connectivity index (χ1n) is 6.84. The molecule has 1 aromatic heterocycles. The lowest BCUT2D eigenvalue weighted by Crippen LogP contribution is -2.18. The van der Waals surface area contributed by atoms with Crippen LogP contribution in [0.15, 0.2) is 28.9 Å². The first-order chi connectivity index (χ1) is 10.0. The zero-order valence-electron chi connectivity index (χ0n) is 12.4. The molecule has 1 atom stereocenters. The van der Waals surface area contributed by atoms with Crippen molar-refractivity contribution in [1.29, 1.82) is 0 Å². The highest BCUT2D eigenvalue weighted by Gasteiger charge is 2.13. The van der Waals surface area contributed by atoms with E-state index < -0.39 is 0 Å². The van der Waals surface area contributed by atoms with E-state index in [1.165, 1.54) is 0 Å². The predicted octanol–water partition coefficient (Wildman–Crippen LogP) is 4.09. The number of hydrogen-bond donors (Lipinski definition) is 1. The van der Waals surface area contributed by atoms with Crippen molar-refractivity contribution in [2.24, 2.45) is 7.05 Å². The zero-order chi connectivity index (χ0) is 15.4. The summed E-state index contributed by atoms with van der Waals surface area (Å²) in [6.07, 6.45) is 1.63. The van der Waals surface area contributed by atoms with Crippen LogP contribution in [-0.4, -0.2) is 16.1 Å². The van der Waals surface area contributed by atoms with Gasteiger partial charge in [0.15, 0.2) is 0 Å². The van der Waals surface area contributed by atoms with Crippen LogP contribution in [-0.2, 0) is 13.7 Å². The molecule has 1 aromatic carbocycles. The Hall–Kier alpha value is -1.04. The fourth-order valence-corrected chi connectivity index (χ4v) is 2.63. The second-order valence-electron chi connectivity index (χ2n) is 4.81. The number of halogens is 2. The number of imidazole rings is 1. The quantitative estimate of drug-likeness (QED) is 0.830. The van der Waals surface area contributed by atoms with E-state index >= 15 is 0 Å². The van der Waals surface area contributed by atoms with E-state index in [0.717, 1.165) is 28.2 Å². The number of rotatable bonds is 6. The highest BCUT2D eigenvalue weighted by molar-refractivity contribution is 9.10. The zero-order valence-corrected chi connectivity index (χ0v) is 14.7. The third-order valence-electron chi connectivity index (χ3n) is 3.33. The lowest BCUT2D eigenvalue weighted by atomic mass is 10.1. The predicted molar refractivity (Wildman–Crippen MR) is 88.8 cm³/mol. The summed E-state index contributed by atoms with van der Waals surface area (Å²) in [6.45, 7) is 5.50. The molecule has 1 N–H and O–H groups in total. The Balaban J connectivity index is 2.17. The molecule has 0 fully saturated rings. The molecule has 1 unspecified atom stereocenters. The maximum Gasteiger partial charge on any atom is 0.147 e. The van der Waals surface area contributed by atoms with Gasteiger partial charge >= 0.3 is 0 Å². The van der Waals surface area contributed by atoms with Crippen LogP contribution in [0, 0.1) is 0 Å². The van der Waals surface area contributed by atoms with Crippen LogP contribution in [0.2, 0.25) is 5.15 Å². The summed E-state index contributed by atoms with van der Waals surface area (Å²) in [5, 5.41) is 4.00. The van der Waals surface area contributed by atoms with Gasteiger partial charge in [0.2, 0.25) is 0 Å². The molecular weight excluding hydrogens is 354 g/mol. The summed E-state index contributed by atoms with van der Waals surface area (Å²) >= 11 is 9.49. The first kappa shape index (κ1) is 16.3. The normalized spacial score (nSPS) is 12.4. The third kappa shape index (κ3) is 3.99. The van der Waals surface area contributed by atoms with Crippen LogP contribution in [0.1, 0.15) is 31.3 Å². The van der Waals surface area contributed by atoms with Crippen LogP contribution < -0.4 is 10.1 Å². The molecule has 4 nitrogen and oxygen atoms in total. The average molecular weight is 373 g/mol. The van der Waals surface area contributed by atoms with Crippen molar-refractivity contribution in [2.45, 2.75) is 26.5 Å². The topological polar surface area (TPSA) is 39.1 Å². The number of ether oxygens (including phenoxy) is 1. The minimum Gasteiger partial charge on any atom is -0.485 e. The van der Waals surface area contributed by atoms with Gasteiger partial charge in [-0.25, -0.2) is 4.98 Å². The van der Waals surface area contributed by atoms with Crippen molar-refractivity contribution in [2.75, 3.05) is 6.54 Å². The van der Waals surface area contributed by atoms with Crippen molar-refractivity contribution < 1.29 is 4.74 Å². The minimum absolute atomic E-state index is 0.215. The molecule has 0 aliphatic rings. The van der Waals surface area contributed by atoms with Crippen LogP contribution in [0.25, 0.3) is 0 Å². The van der Waals surface area contributed by atoms with Gasteiger partial charge in [-0.15, -0.1) is 0 Å². The molecule has 2 aromatic rings. The molecular formula is C15H19BrClN3O. The van der Waals surface area contributed by atoms with Gasteiger partial charge in [-0.2, -0.15) is 0 Å². The molecule has 0 amide bonds. The monoisotopic (exact) mass is 371 g/mol. The van der Waals surface area contributed by atoms with E-state index in [-0.39, 0.29) is 6.04 Å². The van der Waals surface area contributed by atoms with Gasteiger partial charge in [-0.1, -0.05) is 34.5 Å². The molecule has 0 saturated carbocycles. The van der Waals surface area contributed by atoms with Crippen molar-refractivity contribution >= 4 is 27.5 Å². The summed E-state index contributed by atoms with van der Waals surface area (Å²) in [5.74, 6) is 1.65. The molecule has 6 heteroatoms. The van der Waals surface area contributed by atoms with Crippen molar-refractivity contribution in [3.05, 3.63) is 45.4 Å². The fraction of sp³-hybridized carbons (Fsp3) is 0.400. The van der Waals surface area contributed by atoms with E-state index in [9.17, 15) is 0 Å². The molecule has 0 aliphatic heterocycles. The number of nitrogens with zero attached hydrogens (tertiary/aromatic N) is 2. The van der Waals surface area contributed by atoms with Crippen LogP contribution in [0.3, 0.4) is 0 Å². The summed E-state index contributed by atoms with van der Waals surface area (Å²) in [5.41, 5.74) is 1.12. The van der Waals surface area contributed by atoms with Gasteiger partial charge in [0, 0.05) is 23.1 Å². The highest BCUT2D eigenvalue weighted by atomic mass is 79.9. The summed E-state index contributed by atoms with van der Waals surface area (Å²) < 4.78 is 8.79. The Morgan fingerprint density at radius 2 is 2.24 bits per heavy atom. The van der Waals surface area contributed by atoms with Crippen LogP contribution >= 0.6 is 27.5 Å². The van der Waals surface area contributed by atoms with Gasteiger partial charge in [0.05, 0.1) is 6.20 Å². The van der Waals surface area contributed by atoms with E-state index in [4.69, 9.17) is 16.3 Å². The number of hydrogen-bond acceptors (Lipinski definition) is 3. The van der Waals surface area contributed by atoms with Crippen molar-refractivity contribution in [3.8, 4) is 5.75 Å². The lowest BCUT2D eigenvalue weighted by molar-refractivity contribution is 0.286. The van der Waals surface area contributed by atoms with Gasteiger partial charge in [0.1, 0.15) is 23.3 Å². The fourth-order valence-electron chi connectivity index (χ4n) is 2.11. The van der Waals surface area contributed by atoms with Gasteiger partial charge in [0.25, 0.3) is 0 Å². The summed E-state index contributed by atoms with van der Waals surface area (Å²) in [6, 6.07) is 6.24. The summed E-state index contributed by atoms with van der Waals surface area (Å²) in [4.78, 5) is 4.24. The largest absolute Gasteiger partial charge is 0.485 e. The minimum atomic E-state index is 0.215. The SMILES string of the molecule is CCNC(C)c1cc(Br)ccc1OCc1ncc(Cl)n1C. The third-order valence-corrected chi connectivity index (χ3v) is 4.18. The maximum atomic E-state index is 5.98. The van der Waals surface area contributed by atoms with E-state index in [1.807, 2.05) is 23.7 Å². The smallest absolute Gasteiger partial charge is 0.147 e. The van der Waals surface area contributed by atoms with Crippen LogP contribution in [0.4, 0.5) is 0 Å². The van der Waals surface area contributed by atoms with Crippen LogP contribution in [0.5, 0.6) is 5.75 Å². The first-order valence-corrected chi connectivity index (χ1v) is 8.01. The molecule has 0 saturated heterocycles. The Kier molecular flexibility index (Phi) is 5.67. The molecule has 0 radical (unpaired) electrons. The Labute approximate surface area is 138 Å².